The van der Waals surface area contributed by atoms with Crippen molar-refractivity contribution in [3.63, 3.8) is 0 Å². The van der Waals surface area contributed by atoms with Crippen molar-refractivity contribution >= 4 is 46.8 Å². The number of aromatic nitrogens is 1. The van der Waals surface area contributed by atoms with Gasteiger partial charge in [-0.25, -0.2) is 4.79 Å². The number of imide groups is 1. The Balaban J connectivity index is 0.754. The number of methoxy groups -OCH3 is 1. The molecule has 5 aliphatic rings. The summed E-state index contributed by atoms with van der Waals surface area (Å²) in [5.41, 5.74) is 11.0. The van der Waals surface area contributed by atoms with E-state index in [0.717, 1.165) is 95.6 Å². The zero-order valence-electron chi connectivity index (χ0n) is 34.5. The highest BCUT2D eigenvalue weighted by Crippen LogP contribution is 2.34. The van der Waals surface area contributed by atoms with Gasteiger partial charge in [0.05, 0.1) is 12.7 Å². The SMILES string of the molecule is COc1cc(N)c(C=NC2CCC(CN3CCN(CC4CCN(c5ccc(N6CCC(=O)NC6=O)c(C)c5)CC4)CC3)CC2)cc1C(=O)Nc1cccn(C2CC2)c1=O. The Morgan fingerprint density at radius 2 is 1.58 bits per heavy atom. The topological polar surface area (TPSA) is 158 Å². The summed E-state index contributed by atoms with van der Waals surface area (Å²) in [6, 6.07) is 13.2. The normalized spacial score (nSPS) is 22.5. The lowest BCUT2D eigenvalue weighted by Crippen LogP contribution is -2.50. The van der Waals surface area contributed by atoms with E-state index in [-0.39, 0.29) is 35.3 Å². The summed E-state index contributed by atoms with van der Waals surface area (Å²) in [4.78, 5) is 64.7. The van der Waals surface area contributed by atoms with Crippen molar-refractivity contribution in [2.24, 2.45) is 16.8 Å². The first-order valence-electron chi connectivity index (χ1n) is 21.6. The number of nitrogens with zero attached hydrogens (tertiary/aromatic N) is 6. The maximum Gasteiger partial charge on any atom is 0.328 e. The van der Waals surface area contributed by atoms with Gasteiger partial charge in [-0.3, -0.25) is 29.6 Å². The minimum atomic E-state index is -0.424. The molecule has 0 spiro atoms. The molecule has 3 aromatic rings. The number of urea groups is 1. The molecule has 2 saturated carbocycles. The molecule has 314 valence electrons. The van der Waals surface area contributed by atoms with Gasteiger partial charge < -0.3 is 35.1 Å². The minimum absolute atomic E-state index is 0.203. The summed E-state index contributed by atoms with van der Waals surface area (Å²) in [7, 11) is 1.50. The first-order valence-corrected chi connectivity index (χ1v) is 21.6. The quantitative estimate of drug-likeness (QED) is 0.163. The van der Waals surface area contributed by atoms with Crippen LogP contribution in [0.5, 0.6) is 5.75 Å². The highest BCUT2D eigenvalue weighted by atomic mass is 16.5. The van der Waals surface area contributed by atoms with Crippen molar-refractivity contribution in [3.8, 4) is 5.75 Å². The number of nitrogen functional groups attached to an aromatic ring is 1. The number of anilines is 4. The van der Waals surface area contributed by atoms with Crippen molar-refractivity contribution in [1.29, 1.82) is 0 Å². The van der Waals surface area contributed by atoms with E-state index < -0.39 is 5.91 Å². The molecule has 14 nitrogen and oxygen atoms in total. The largest absolute Gasteiger partial charge is 0.496 e. The average molecular weight is 806 g/mol. The lowest BCUT2D eigenvalue weighted by atomic mass is 9.86. The fraction of sp³-hybridized carbons (Fsp3) is 0.533. The van der Waals surface area contributed by atoms with Crippen LogP contribution in [0.4, 0.5) is 27.5 Å². The third-order valence-corrected chi connectivity index (χ3v) is 13.1. The number of nitrogens with two attached hydrogens (primary N) is 1. The summed E-state index contributed by atoms with van der Waals surface area (Å²) < 4.78 is 7.19. The molecule has 3 saturated heterocycles. The zero-order chi connectivity index (χ0) is 41.0. The molecule has 0 atom stereocenters. The van der Waals surface area contributed by atoms with E-state index in [4.69, 9.17) is 15.5 Å². The van der Waals surface area contributed by atoms with Crippen LogP contribution in [0.15, 0.2) is 58.4 Å². The molecule has 4 heterocycles. The molecule has 14 heteroatoms. The van der Waals surface area contributed by atoms with Gasteiger partial charge in [-0.05, 0) is 112 Å². The van der Waals surface area contributed by atoms with E-state index in [1.54, 1.807) is 46.1 Å². The highest BCUT2D eigenvalue weighted by molar-refractivity contribution is 6.08. The van der Waals surface area contributed by atoms with Crippen LogP contribution in [0, 0.1) is 18.8 Å². The van der Waals surface area contributed by atoms with Crippen molar-refractivity contribution in [2.75, 3.05) is 86.9 Å². The third-order valence-electron chi connectivity index (χ3n) is 13.1. The monoisotopic (exact) mass is 805 g/mol. The second-order valence-electron chi connectivity index (χ2n) is 17.2. The number of pyridine rings is 1. The van der Waals surface area contributed by atoms with Gasteiger partial charge in [-0.1, -0.05) is 0 Å². The number of nitrogens with one attached hydrogen (secondary N) is 2. The van der Waals surface area contributed by atoms with E-state index in [1.165, 1.54) is 32.2 Å². The molecule has 0 unspecified atom stereocenters. The summed E-state index contributed by atoms with van der Waals surface area (Å²) in [6.45, 7) is 11.4. The zero-order valence-corrected chi connectivity index (χ0v) is 34.5. The van der Waals surface area contributed by atoms with Gasteiger partial charge in [-0.2, -0.15) is 0 Å². The van der Waals surface area contributed by atoms with E-state index >= 15 is 0 Å². The first kappa shape index (κ1) is 40.6. The third kappa shape index (κ3) is 9.65. The Morgan fingerprint density at radius 3 is 2.22 bits per heavy atom. The summed E-state index contributed by atoms with van der Waals surface area (Å²) >= 11 is 0. The van der Waals surface area contributed by atoms with Gasteiger partial charge in [0.25, 0.3) is 11.5 Å². The number of piperazine rings is 1. The molecule has 0 radical (unpaired) electrons. The van der Waals surface area contributed by atoms with Crippen LogP contribution in [0.1, 0.15) is 85.3 Å². The van der Waals surface area contributed by atoms with Crippen LogP contribution in [0.3, 0.4) is 0 Å². The van der Waals surface area contributed by atoms with Crippen LogP contribution in [-0.4, -0.2) is 110 Å². The van der Waals surface area contributed by atoms with Crippen molar-refractivity contribution in [3.05, 3.63) is 75.7 Å². The van der Waals surface area contributed by atoms with Gasteiger partial charge in [0.1, 0.15) is 11.4 Å². The average Bonchev–Trinajstić information content (AvgIpc) is 4.09. The van der Waals surface area contributed by atoms with Gasteiger partial charge in [0.15, 0.2) is 0 Å². The van der Waals surface area contributed by atoms with Crippen LogP contribution >= 0.6 is 0 Å². The van der Waals surface area contributed by atoms with E-state index in [2.05, 4.69) is 37.5 Å². The van der Waals surface area contributed by atoms with Crippen LogP contribution in [0.25, 0.3) is 0 Å². The number of benzene rings is 2. The van der Waals surface area contributed by atoms with E-state index in [9.17, 15) is 19.2 Å². The van der Waals surface area contributed by atoms with Crippen molar-refractivity contribution < 1.29 is 19.1 Å². The Kier molecular flexibility index (Phi) is 12.3. The van der Waals surface area contributed by atoms with Crippen molar-refractivity contribution in [2.45, 2.75) is 76.8 Å². The molecule has 2 aromatic carbocycles. The highest BCUT2D eigenvalue weighted by Gasteiger charge is 2.30. The lowest BCUT2D eigenvalue weighted by Gasteiger charge is -2.40. The fourth-order valence-electron chi connectivity index (χ4n) is 9.36. The first-order chi connectivity index (χ1) is 28.6. The van der Waals surface area contributed by atoms with Gasteiger partial charge in [-0.15, -0.1) is 0 Å². The maximum atomic E-state index is 13.4. The van der Waals surface area contributed by atoms with Gasteiger partial charge in [0.2, 0.25) is 5.91 Å². The standard InChI is InChI=1S/C45H59N9O5/c1-30-24-36(11-12-40(30)54-19-15-42(55)49-45(54)58)52-17-13-32(14-18-52)29-51-22-20-50(21-23-51)28-31-5-7-34(8-6-31)47-27-33-25-37(41(59-2)26-38(33)46)43(56)48-39-4-3-16-53(44(39)57)35-9-10-35/h3-4,11-12,16,24-27,31-32,34-35H,5-10,13-15,17-23,28-29,46H2,1-2H3,(H,48,56)(H,49,55,58). The van der Waals surface area contributed by atoms with Crippen LogP contribution < -0.4 is 36.5 Å². The number of piperidine rings is 1. The lowest BCUT2D eigenvalue weighted by molar-refractivity contribution is -0.120. The number of rotatable bonds is 12. The maximum absolute atomic E-state index is 13.4. The molecule has 2 aliphatic carbocycles. The number of carbonyl (C=O) groups excluding carboxylic acids is 3. The predicted octanol–water partition coefficient (Wildman–Crippen LogP) is 5.29. The fourth-order valence-corrected chi connectivity index (χ4v) is 9.36. The minimum Gasteiger partial charge on any atom is -0.496 e. The number of hydrogen-bond donors (Lipinski definition) is 3. The number of ether oxygens (including phenoxy) is 1. The molecule has 59 heavy (non-hydrogen) atoms. The summed E-state index contributed by atoms with van der Waals surface area (Å²) in [6.07, 6.45) is 12.6. The second-order valence-corrected chi connectivity index (χ2v) is 17.2. The number of aryl methyl sites for hydroxylation is 1. The predicted molar refractivity (Wildman–Crippen MR) is 232 cm³/mol. The van der Waals surface area contributed by atoms with E-state index in [1.807, 2.05) is 13.0 Å². The molecule has 1 aromatic heterocycles. The number of hydrogen-bond acceptors (Lipinski definition) is 10. The Morgan fingerprint density at radius 1 is 0.881 bits per heavy atom. The Labute approximate surface area is 346 Å². The number of aliphatic imine (C=N–C) groups is 1. The van der Waals surface area contributed by atoms with Gasteiger partial charge in [0, 0.05) is 119 Å². The molecular weight excluding hydrogens is 747 g/mol. The smallest absolute Gasteiger partial charge is 0.328 e. The van der Waals surface area contributed by atoms with Crippen LogP contribution in [-0.2, 0) is 4.79 Å². The molecule has 3 aliphatic heterocycles. The number of carbonyl (C=O) groups is 3. The Hall–Kier alpha value is -5.21. The van der Waals surface area contributed by atoms with E-state index in [0.29, 0.717) is 47.4 Å². The second kappa shape index (κ2) is 18.0. The molecule has 4 amide bonds. The Bertz CT molecular complexity index is 2110. The molecule has 5 fully saturated rings. The van der Waals surface area contributed by atoms with Gasteiger partial charge >= 0.3 is 6.03 Å². The van der Waals surface area contributed by atoms with Crippen LogP contribution in [0.2, 0.25) is 0 Å². The molecular formula is C45H59N9O5. The molecule has 4 N–H and O–H groups in total. The molecule has 8 rings (SSSR count). The van der Waals surface area contributed by atoms with Crippen molar-refractivity contribution in [1.82, 2.24) is 19.7 Å². The number of amides is 4. The summed E-state index contributed by atoms with van der Waals surface area (Å²) in [5, 5.41) is 5.22. The summed E-state index contributed by atoms with van der Waals surface area (Å²) in [5.74, 6) is 1.10. The molecule has 0 bridgehead atoms.